The molecule has 1 aromatic heterocycles. The molecule has 0 spiro atoms. The van der Waals surface area contributed by atoms with E-state index in [1.165, 1.54) is 9.78 Å². The van der Waals surface area contributed by atoms with E-state index in [2.05, 4.69) is 5.32 Å². The SMILES string of the molecule is CCOC(=O)c1ccc(N2C(=O)[C@H](CC(=O)Nc3ccccc3)N(CCc3cccs3)C2=S)cc1. The van der Waals surface area contributed by atoms with Crippen LogP contribution in [0.5, 0.6) is 0 Å². The highest BCUT2D eigenvalue weighted by Gasteiger charge is 2.44. The lowest BCUT2D eigenvalue weighted by Gasteiger charge is -2.23. The topological polar surface area (TPSA) is 78.9 Å². The lowest BCUT2D eigenvalue weighted by molar-refractivity contribution is -0.124. The summed E-state index contributed by atoms with van der Waals surface area (Å²) in [5, 5.41) is 5.20. The average Bonchev–Trinajstić information content (AvgIpc) is 3.45. The van der Waals surface area contributed by atoms with Crippen LogP contribution >= 0.6 is 23.6 Å². The van der Waals surface area contributed by atoms with Gasteiger partial charge in [-0.2, -0.15) is 0 Å². The summed E-state index contributed by atoms with van der Waals surface area (Å²) in [6.45, 7) is 2.53. The number of nitrogens with zero attached hydrogens (tertiary/aromatic N) is 2. The molecule has 35 heavy (non-hydrogen) atoms. The zero-order valence-corrected chi connectivity index (χ0v) is 20.8. The Morgan fingerprint density at radius 3 is 2.46 bits per heavy atom. The van der Waals surface area contributed by atoms with Gasteiger partial charge in [0.1, 0.15) is 6.04 Å². The summed E-state index contributed by atoms with van der Waals surface area (Å²) in [6.07, 6.45) is 0.674. The summed E-state index contributed by atoms with van der Waals surface area (Å²) in [6, 6.07) is 19.0. The number of hydrogen-bond acceptors (Lipinski definition) is 6. The Hall–Kier alpha value is -3.56. The van der Waals surface area contributed by atoms with Crippen LogP contribution in [-0.2, 0) is 20.7 Å². The molecule has 9 heteroatoms. The zero-order valence-electron chi connectivity index (χ0n) is 19.2. The van der Waals surface area contributed by atoms with Crippen molar-refractivity contribution >= 4 is 57.8 Å². The van der Waals surface area contributed by atoms with E-state index in [1.54, 1.807) is 54.7 Å². The average molecular weight is 508 g/mol. The minimum Gasteiger partial charge on any atom is -0.462 e. The number of rotatable bonds is 9. The summed E-state index contributed by atoms with van der Waals surface area (Å²) in [5.74, 6) is -0.964. The number of thiophene rings is 1. The van der Waals surface area contributed by atoms with Crippen LogP contribution in [0.2, 0.25) is 0 Å². The van der Waals surface area contributed by atoms with E-state index >= 15 is 0 Å². The van der Waals surface area contributed by atoms with E-state index in [1.807, 2.05) is 40.6 Å². The minimum absolute atomic E-state index is 0.0320. The van der Waals surface area contributed by atoms with Gasteiger partial charge in [0, 0.05) is 17.1 Å². The number of para-hydroxylation sites is 1. The van der Waals surface area contributed by atoms with Gasteiger partial charge in [0.25, 0.3) is 5.91 Å². The highest BCUT2D eigenvalue weighted by atomic mass is 32.1. The van der Waals surface area contributed by atoms with Gasteiger partial charge in [-0.25, -0.2) is 4.79 Å². The third-order valence-corrected chi connectivity index (χ3v) is 6.92. The predicted octanol–water partition coefficient (Wildman–Crippen LogP) is 4.50. The number of amides is 2. The van der Waals surface area contributed by atoms with E-state index in [9.17, 15) is 14.4 Å². The van der Waals surface area contributed by atoms with Gasteiger partial charge in [-0.05, 0) is 73.4 Å². The number of hydrogen-bond donors (Lipinski definition) is 1. The minimum atomic E-state index is -0.726. The molecule has 2 amide bonds. The van der Waals surface area contributed by atoms with Gasteiger partial charge in [0.2, 0.25) is 5.91 Å². The molecule has 1 saturated heterocycles. The van der Waals surface area contributed by atoms with Gasteiger partial charge in [-0.15, -0.1) is 11.3 Å². The Balaban J connectivity index is 1.55. The molecule has 2 aromatic carbocycles. The summed E-state index contributed by atoms with van der Waals surface area (Å²) in [4.78, 5) is 42.8. The van der Waals surface area contributed by atoms with Gasteiger partial charge >= 0.3 is 5.97 Å². The maximum Gasteiger partial charge on any atom is 0.338 e. The molecular formula is C26H25N3O4S2. The number of ether oxygens (including phenoxy) is 1. The molecule has 0 unspecified atom stereocenters. The molecule has 1 fully saturated rings. The maximum absolute atomic E-state index is 13.5. The predicted molar refractivity (Wildman–Crippen MR) is 141 cm³/mol. The molecule has 1 N–H and O–H groups in total. The first kappa shape index (κ1) is 24.6. The molecule has 0 bridgehead atoms. The van der Waals surface area contributed by atoms with Crippen LogP contribution in [0.4, 0.5) is 11.4 Å². The smallest absolute Gasteiger partial charge is 0.338 e. The molecule has 7 nitrogen and oxygen atoms in total. The molecule has 1 aliphatic rings. The van der Waals surface area contributed by atoms with Crippen molar-refractivity contribution in [1.82, 2.24) is 4.90 Å². The quantitative estimate of drug-likeness (QED) is 0.339. The molecule has 0 radical (unpaired) electrons. The summed E-state index contributed by atoms with van der Waals surface area (Å²) >= 11 is 7.35. The van der Waals surface area contributed by atoms with Gasteiger partial charge in [-0.3, -0.25) is 14.5 Å². The number of thiocarbonyl (C=S) groups is 1. The monoisotopic (exact) mass is 507 g/mol. The van der Waals surface area contributed by atoms with Crippen molar-refractivity contribution in [2.75, 3.05) is 23.4 Å². The number of benzene rings is 2. The van der Waals surface area contributed by atoms with Crippen LogP contribution < -0.4 is 10.2 Å². The van der Waals surface area contributed by atoms with E-state index in [-0.39, 0.29) is 24.8 Å². The molecule has 3 aromatic rings. The largest absolute Gasteiger partial charge is 0.462 e. The number of carbonyl (C=O) groups excluding carboxylic acids is 3. The van der Waals surface area contributed by atoms with Gasteiger partial charge < -0.3 is 15.0 Å². The third-order valence-electron chi connectivity index (χ3n) is 5.57. The van der Waals surface area contributed by atoms with Crippen molar-refractivity contribution in [2.45, 2.75) is 25.8 Å². The molecule has 0 saturated carbocycles. The third kappa shape index (κ3) is 5.75. The summed E-state index contributed by atoms with van der Waals surface area (Å²) < 4.78 is 5.03. The van der Waals surface area contributed by atoms with E-state index in [0.29, 0.717) is 35.0 Å². The van der Waals surface area contributed by atoms with Crippen molar-refractivity contribution in [1.29, 1.82) is 0 Å². The number of carbonyl (C=O) groups is 3. The van der Waals surface area contributed by atoms with E-state index in [4.69, 9.17) is 17.0 Å². The normalized spacial score (nSPS) is 15.4. The highest BCUT2D eigenvalue weighted by molar-refractivity contribution is 7.80. The number of anilines is 2. The molecule has 180 valence electrons. The Bertz CT molecular complexity index is 1200. The summed E-state index contributed by atoms with van der Waals surface area (Å²) in [5.41, 5.74) is 1.60. The van der Waals surface area contributed by atoms with Crippen molar-refractivity contribution in [2.24, 2.45) is 0 Å². The Labute approximate surface area is 213 Å². The maximum atomic E-state index is 13.5. The number of esters is 1. The first-order chi connectivity index (χ1) is 17.0. The van der Waals surface area contributed by atoms with Crippen molar-refractivity contribution in [3.8, 4) is 0 Å². The molecule has 4 rings (SSSR count). The van der Waals surface area contributed by atoms with Gasteiger partial charge in [0.05, 0.1) is 24.3 Å². The highest BCUT2D eigenvalue weighted by Crippen LogP contribution is 2.28. The van der Waals surface area contributed by atoms with Crippen LogP contribution in [0.25, 0.3) is 0 Å². The zero-order chi connectivity index (χ0) is 24.8. The molecule has 1 aliphatic heterocycles. The number of nitrogens with one attached hydrogen (secondary N) is 1. The lowest BCUT2D eigenvalue weighted by atomic mass is 10.1. The van der Waals surface area contributed by atoms with E-state index in [0.717, 1.165) is 0 Å². The molecular weight excluding hydrogens is 482 g/mol. The van der Waals surface area contributed by atoms with Crippen molar-refractivity contribution < 1.29 is 19.1 Å². The Kier molecular flexibility index (Phi) is 7.89. The second-order valence-electron chi connectivity index (χ2n) is 7.88. The van der Waals surface area contributed by atoms with Gasteiger partial charge in [0.15, 0.2) is 5.11 Å². The molecule has 0 aliphatic carbocycles. The Morgan fingerprint density at radius 1 is 1.06 bits per heavy atom. The van der Waals surface area contributed by atoms with Crippen LogP contribution in [0.1, 0.15) is 28.6 Å². The summed E-state index contributed by atoms with van der Waals surface area (Å²) in [7, 11) is 0. The van der Waals surface area contributed by atoms with Crippen LogP contribution in [-0.4, -0.2) is 47.0 Å². The fourth-order valence-corrected chi connectivity index (χ4v) is 4.99. The van der Waals surface area contributed by atoms with Crippen LogP contribution in [0.15, 0.2) is 72.1 Å². The van der Waals surface area contributed by atoms with E-state index < -0.39 is 12.0 Å². The lowest BCUT2D eigenvalue weighted by Crippen LogP contribution is -2.39. The molecule has 2 heterocycles. The fourth-order valence-electron chi connectivity index (χ4n) is 3.88. The van der Waals surface area contributed by atoms with Crippen LogP contribution in [0.3, 0.4) is 0 Å². The molecule has 1 atom stereocenters. The second-order valence-corrected chi connectivity index (χ2v) is 9.28. The second kappa shape index (κ2) is 11.2. The van der Waals surface area contributed by atoms with Crippen molar-refractivity contribution in [3.63, 3.8) is 0 Å². The fraction of sp³-hybridized carbons (Fsp3) is 0.231. The van der Waals surface area contributed by atoms with Crippen LogP contribution in [0, 0.1) is 0 Å². The van der Waals surface area contributed by atoms with Crippen molar-refractivity contribution in [3.05, 3.63) is 82.6 Å². The standard InChI is InChI=1S/C26H25N3O4S2/c1-2-33-25(32)18-10-12-20(13-11-18)29-24(31)22(17-23(30)27-19-7-4-3-5-8-19)28(26(29)34)15-14-21-9-6-16-35-21/h3-13,16,22H,2,14-15,17H2,1H3,(H,27,30)/t22-/m0/s1. The Morgan fingerprint density at radius 2 is 1.80 bits per heavy atom. The first-order valence-electron chi connectivity index (χ1n) is 11.3. The first-order valence-corrected chi connectivity index (χ1v) is 12.6. The van der Waals surface area contributed by atoms with Gasteiger partial charge in [-0.1, -0.05) is 24.3 Å².